The summed E-state index contributed by atoms with van der Waals surface area (Å²) in [6, 6.07) is 13.7. The van der Waals surface area contributed by atoms with Gasteiger partial charge in [-0.3, -0.25) is 4.79 Å². The Hall–Kier alpha value is -3.02. The second kappa shape index (κ2) is 8.73. The number of rotatable bonds is 7. The monoisotopic (exact) mass is 343 g/mol. The van der Waals surface area contributed by atoms with Gasteiger partial charge in [0, 0.05) is 11.8 Å². The Balaban J connectivity index is 2.02. The number of anilines is 1. The van der Waals surface area contributed by atoms with E-state index in [2.05, 4.69) is 5.32 Å². The smallest absolute Gasteiger partial charge is 0.342 e. The number of nitrogens with one attached hydrogen (secondary N) is 1. The minimum atomic E-state index is -0.964. The summed E-state index contributed by atoms with van der Waals surface area (Å²) in [5.41, 5.74) is 0.840. The minimum Gasteiger partial charge on any atom is -0.497 e. The normalized spacial score (nSPS) is 11.3. The quantitative estimate of drug-likeness (QED) is 0.781. The van der Waals surface area contributed by atoms with Crippen LogP contribution in [0.4, 0.5) is 5.69 Å². The number of amides is 1. The number of benzene rings is 2. The summed E-state index contributed by atoms with van der Waals surface area (Å²) in [4.78, 5) is 24.5. The molecule has 0 aliphatic rings. The van der Waals surface area contributed by atoms with Crippen LogP contribution >= 0.6 is 0 Å². The van der Waals surface area contributed by atoms with Crippen LogP contribution in [0.15, 0.2) is 48.5 Å². The molecule has 6 nitrogen and oxygen atoms in total. The summed E-state index contributed by atoms with van der Waals surface area (Å²) >= 11 is 0. The van der Waals surface area contributed by atoms with Gasteiger partial charge < -0.3 is 19.5 Å². The summed E-state index contributed by atoms with van der Waals surface area (Å²) in [5.74, 6) is -0.00340. The van der Waals surface area contributed by atoms with Gasteiger partial charge in [-0.15, -0.1) is 0 Å². The van der Waals surface area contributed by atoms with Crippen LogP contribution in [-0.4, -0.2) is 31.7 Å². The van der Waals surface area contributed by atoms with Gasteiger partial charge in [0.2, 0.25) is 0 Å². The van der Waals surface area contributed by atoms with Gasteiger partial charge in [-0.05, 0) is 38.1 Å². The van der Waals surface area contributed by atoms with Crippen LogP contribution < -0.4 is 14.8 Å². The summed E-state index contributed by atoms with van der Waals surface area (Å²) < 4.78 is 15.8. The maximum atomic E-state index is 12.3. The fourth-order valence-corrected chi connectivity index (χ4v) is 2.14. The Labute approximate surface area is 146 Å². The zero-order valence-corrected chi connectivity index (χ0v) is 14.4. The largest absolute Gasteiger partial charge is 0.497 e. The fraction of sp³-hybridized carbons (Fsp3) is 0.263. The molecule has 0 aromatic heterocycles. The first-order valence-electron chi connectivity index (χ1n) is 7.93. The molecule has 1 amide bonds. The van der Waals surface area contributed by atoms with Crippen molar-refractivity contribution in [3.05, 3.63) is 54.1 Å². The molecule has 0 spiro atoms. The number of methoxy groups -OCH3 is 1. The molecule has 6 heteroatoms. The van der Waals surface area contributed by atoms with Crippen molar-refractivity contribution >= 4 is 17.6 Å². The number of hydrogen-bond donors (Lipinski definition) is 1. The zero-order valence-electron chi connectivity index (χ0n) is 14.4. The second-order valence-electron chi connectivity index (χ2n) is 5.20. The van der Waals surface area contributed by atoms with E-state index in [0.29, 0.717) is 23.8 Å². The van der Waals surface area contributed by atoms with Crippen molar-refractivity contribution in [1.82, 2.24) is 0 Å². The Kier molecular flexibility index (Phi) is 6.39. The third kappa shape index (κ3) is 4.97. The summed E-state index contributed by atoms with van der Waals surface area (Å²) in [6.07, 6.45) is -0.964. The SMILES string of the molecule is CCOc1ccccc1C(=O)O[C@H](C)C(=O)Nc1cccc(OC)c1. The average molecular weight is 343 g/mol. The van der Waals surface area contributed by atoms with Gasteiger partial charge in [0.05, 0.1) is 13.7 Å². The Morgan fingerprint density at radius 3 is 2.60 bits per heavy atom. The van der Waals surface area contributed by atoms with Crippen molar-refractivity contribution in [2.45, 2.75) is 20.0 Å². The lowest BCUT2D eigenvalue weighted by Gasteiger charge is -2.15. The van der Waals surface area contributed by atoms with Gasteiger partial charge in [0.25, 0.3) is 5.91 Å². The molecule has 0 radical (unpaired) electrons. The van der Waals surface area contributed by atoms with E-state index in [4.69, 9.17) is 14.2 Å². The predicted octanol–water partition coefficient (Wildman–Crippen LogP) is 3.28. The number of para-hydroxylation sites is 1. The third-order valence-electron chi connectivity index (χ3n) is 3.40. The van der Waals surface area contributed by atoms with Crippen molar-refractivity contribution in [2.24, 2.45) is 0 Å². The molecule has 0 unspecified atom stereocenters. The number of carbonyl (C=O) groups excluding carboxylic acids is 2. The van der Waals surface area contributed by atoms with Crippen LogP contribution in [0.1, 0.15) is 24.2 Å². The molecular formula is C19H21NO5. The van der Waals surface area contributed by atoms with Crippen molar-refractivity contribution in [1.29, 1.82) is 0 Å². The lowest BCUT2D eigenvalue weighted by molar-refractivity contribution is -0.123. The zero-order chi connectivity index (χ0) is 18.2. The minimum absolute atomic E-state index is 0.283. The Bertz CT molecular complexity index is 744. The first kappa shape index (κ1) is 18.3. The molecule has 0 aliphatic carbocycles. The number of carbonyl (C=O) groups is 2. The molecule has 2 rings (SSSR count). The summed E-state index contributed by atoms with van der Waals surface area (Å²) in [5, 5.41) is 2.69. The Morgan fingerprint density at radius 2 is 1.88 bits per heavy atom. The van der Waals surface area contributed by atoms with E-state index in [1.54, 1.807) is 55.6 Å². The average Bonchev–Trinajstić information content (AvgIpc) is 2.62. The molecule has 2 aromatic rings. The molecule has 0 fully saturated rings. The standard InChI is InChI=1S/C19H21NO5/c1-4-24-17-11-6-5-10-16(17)19(22)25-13(2)18(21)20-14-8-7-9-15(12-14)23-3/h5-13H,4H2,1-3H3,(H,20,21)/t13-/m1/s1. The van der Waals surface area contributed by atoms with E-state index in [-0.39, 0.29) is 5.56 Å². The van der Waals surface area contributed by atoms with Crippen LogP contribution in [0.25, 0.3) is 0 Å². The molecule has 132 valence electrons. The molecule has 0 aliphatic heterocycles. The van der Waals surface area contributed by atoms with E-state index in [0.717, 1.165) is 0 Å². The van der Waals surface area contributed by atoms with E-state index >= 15 is 0 Å². The van der Waals surface area contributed by atoms with Crippen LogP contribution in [0.3, 0.4) is 0 Å². The fourth-order valence-electron chi connectivity index (χ4n) is 2.14. The topological polar surface area (TPSA) is 73.9 Å². The van der Waals surface area contributed by atoms with E-state index in [9.17, 15) is 9.59 Å². The lowest BCUT2D eigenvalue weighted by Crippen LogP contribution is -2.30. The highest BCUT2D eigenvalue weighted by atomic mass is 16.5. The van der Waals surface area contributed by atoms with Crippen molar-refractivity contribution in [3.63, 3.8) is 0 Å². The molecule has 0 saturated carbocycles. The van der Waals surface area contributed by atoms with E-state index in [1.165, 1.54) is 6.92 Å². The van der Waals surface area contributed by atoms with Crippen LogP contribution in [0.5, 0.6) is 11.5 Å². The van der Waals surface area contributed by atoms with Crippen LogP contribution in [0.2, 0.25) is 0 Å². The van der Waals surface area contributed by atoms with Crippen LogP contribution in [0, 0.1) is 0 Å². The van der Waals surface area contributed by atoms with Crippen molar-refractivity contribution < 1.29 is 23.8 Å². The van der Waals surface area contributed by atoms with E-state index < -0.39 is 18.0 Å². The molecule has 1 N–H and O–H groups in total. The molecule has 0 saturated heterocycles. The number of hydrogen-bond acceptors (Lipinski definition) is 5. The van der Waals surface area contributed by atoms with Gasteiger partial charge in [-0.25, -0.2) is 4.79 Å². The van der Waals surface area contributed by atoms with Crippen LogP contribution in [-0.2, 0) is 9.53 Å². The van der Waals surface area contributed by atoms with Gasteiger partial charge in [0.1, 0.15) is 17.1 Å². The van der Waals surface area contributed by atoms with Crippen molar-refractivity contribution in [2.75, 3.05) is 19.0 Å². The summed E-state index contributed by atoms with van der Waals surface area (Å²) in [7, 11) is 1.54. The van der Waals surface area contributed by atoms with Crippen molar-refractivity contribution in [3.8, 4) is 11.5 Å². The highest BCUT2D eigenvalue weighted by molar-refractivity contribution is 5.98. The Morgan fingerprint density at radius 1 is 1.12 bits per heavy atom. The molecule has 0 heterocycles. The van der Waals surface area contributed by atoms with Gasteiger partial charge >= 0.3 is 5.97 Å². The lowest BCUT2D eigenvalue weighted by atomic mass is 10.2. The third-order valence-corrected chi connectivity index (χ3v) is 3.40. The highest BCUT2D eigenvalue weighted by Crippen LogP contribution is 2.20. The number of esters is 1. The number of ether oxygens (including phenoxy) is 3. The summed E-state index contributed by atoms with van der Waals surface area (Å²) in [6.45, 7) is 3.76. The van der Waals surface area contributed by atoms with Gasteiger partial charge in [0.15, 0.2) is 6.10 Å². The molecule has 0 bridgehead atoms. The second-order valence-corrected chi connectivity index (χ2v) is 5.20. The molecule has 1 atom stereocenters. The van der Waals surface area contributed by atoms with Gasteiger partial charge in [-0.2, -0.15) is 0 Å². The molecule has 2 aromatic carbocycles. The molecular weight excluding hydrogens is 322 g/mol. The molecule has 25 heavy (non-hydrogen) atoms. The first-order chi connectivity index (χ1) is 12.0. The first-order valence-corrected chi connectivity index (χ1v) is 7.93. The predicted molar refractivity (Wildman–Crippen MR) is 94.1 cm³/mol. The van der Waals surface area contributed by atoms with Gasteiger partial charge in [-0.1, -0.05) is 18.2 Å². The highest BCUT2D eigenvalue weighted by Gasteiger charge is 2.21. The van der Waals surface area contributed by atoms with E-state index in [1.807, 2.05) is 6.92 Å². The maximum absolute atomic E-state index is 12.3. The maximum Gasteiger partial charge on any atom is 0.342 e.